The van der Waals surface area contributed by atoms with E-state index in [1.165, 1.54) is 0 Å². The minimum atomic E-state index is -0.788. The van der Waals surface area contributed by atoms with Gasteiger partial charge in [0.2, 0.25) is 0 Å². The predicted molar refractivity (Wildman–Crippen MR) is 70.8 cm³/mol. The summed E-state index contributed by atoms with van der Waals surface area (Å²) in [5.41, 5.74) is -0.235. The van der Waals surface area contributed by atoms with E-state index in [-0.39, 0.29) is 18.1 Å². The molecule has 19 heavy (non-hydrogen) atoms. The maximum atomic E-state index is 11.8. The molecule has 2 N–H and O–H groups in total. The van der Waals surface area contributed by atoms with Crippen LogP contribution in [0.4, 0.5) is 0 Å². The second kappa shape index (κ2) is 4.96. The lowest BCUT2D eigenvalue weighted by Gasteiger charge is -2.40. The van der Waals surface area contributed by atoms with Gasteiger partial charge in [0.1, 0.15) is 5.76 Å². The number of nitrogens with one attached hydrogen (secondary N) is 1. The van der Waals surface area contributed by atoms with Gasteiger partial charge in [0.05, 0.1) is 5.60 Å². The zero-order valence-electron chi connectivity index (χ0n) is 11.8. The minimum Gasteiger partial charge on any atom is -0.388 e. The van der Waals surface area contributed by atoms with Crippen LogP contribution in [0.25, 0.3) is 0 Å². The van der Waals surface area contributed by atoms with Gasteiger partial charge in [-0.2, -0.15) is 0 Å². The minimum absolute atomic E-state index is 0.261. The molecule has 1 heterocycles. The third-order valence-electron chi connectivity index (χ3n) is 3.97. The van der Waals surface area contributed by atoms with Gasteiger partial charge in [-0.3, -0.25) is 4.79 Å². The third-order valence-corrected chi connectivity index (χ3v) is 3.97. The molecule has 0 atom stereocenters. The normalized spacial score (nSPS) is 21.1. The van der Waals surface area contributed by atoms with Gasteiger partial charge in [0.15, 0.2) is 5.69 Å². The Balaban J connectivity index is 1.87. The molecule has 0 spiro atoms. The molecule has 1 fully saturated rings. The van der Waals surface area contributed by atoms with E-state index < -0.39 is 5.60 Å². The first kappa shape index (κ1) is 14.1. The maximum absolute atomic E-state index is 11.8. The highest BCUT2D eigenvalue weighted by Gasteiger charge is 2.36. The summed E-state index contributed by atoms with van der Waals surface area (Å²) in [6, 6.07) is 1.59. The second-order valence-corrected chi connectivity index (χ2v) is 6.39. The van der Waals surface area contributed by atoms with E-state index in [4.69, 9.17) is 4.52 Å². The molecule has 0 bridgehead atoms. The highest BCUT2D eigenvalue weighted by Crippen LogP contribution is 2.39. The second-order valence-electron chi connectivity index (χ2n) is 6.39. The number of aromatic nitrogens is 1. The number of hydrogen-bond donors (Lipinski definition) is 2. The van der Waals surface area contributed by atoms with Gasteiger partial charge < -0.3 is 14.9 Å². The zero-order chi connectivity index (χ0) is 14.1. The molecule has 1 amide bonds. The summed E-state index contributed by atoms with van der Waals surface area (Å²) in [5, 5.41) is 16.8. The SMILES string of the molecule is Cc1cc(C(=O)NCC2(O)CCC(C)(C)CC2)no1. The number of aryl methyl sites for hydroxylation is 1. The summed E-state index contributed by atoms with van der Waals surface area (Å²) in [5.74, 6) is 0.304. The van der Waals surface area contributed by atoms with E-state index in [0.717, 1.165) is 25.7 Å². The lowest BCUT2D eigenvalue weighted by Crippen LogP contribution is -2.46. The average Bonchev–Trinajstić information content (AvgIpc) is 2.78. The summed E-state index contributed by atoms with van der Waals surface area (Å²) in [6.07, 6.45) is 3.39. The van der Waals surface area contributed by atoms with Gasteiger partial charge in [-0.15, -0.1) is 0 Å². The summed E-state index contributed by atoms with van der Waals surface area (Å²) in [7, 11) is 0. The number of aliphatic hydroxyl groups is 1. The quantitative estimate of drug-likeness (QED) is 0.878. The van der Waals surface area contributed by atoms with Crippen LogP contribution in [0.15, 0.2) is 10.6 Å². The number of hydrogen-bond acceptors (Lipinski definition) is 4. The average molecular weight is 266 g/mol. The summed E-state index contributed by atoms with van der Waals surface area (Å²) in [6.45, 7) is 6.43. The first-order chi connectivity index (χ1) is 8.80. The fraction of sp³-hybridized carbons (Fsp3) is 0.714. The number of nitrogens with zero attached hydrogens (tertiary/aromatic N) is 1. The molecule has 0 radical (unpaired) electrons. The van der Waals surface area contributed by atoms with Crippen molar-refractivity contribution in [3.8, 4) is 0 Å². The number of carbonyl (C=O) groups excluding carboxylic acids is 1. The Kier molecular flexibility index (Phi) is 3.67. The number of carbonyl (C=O) groups is 1. The van der Waals surface area contributed by atoms with Crippen molar-refractivity contribution >= 4 is 5.91 Å². The van der Waals surface area contributed by atoms with E-state index >= 15 is 0 Å². The zero-order valence-corrected chi connectivity index (χ0v) is 11.8. The highest BCUT2D eigenvalue weighted by atomic mass is 16.5. The summed E-state index contributed by atoms with van der Waals surface area (Å²) >= 11 is 0. The molecule has 1 aromatic heterocycles. The Morgan fingerprint density at radius 3 is 2.58 bits per heavy atom. The molecule has 5 nitrogen and oxygen atoms in total. The Morgan fingerprint density at radius 2 is 2.05 bits per heavy atom. The van der Waals surface area contributed by atoms with Gasteiger partial charge >= 0.3 is 0 Å². The molecule has 2 rings (SSSR count). The van der Waals surface area contributed by atoms with Crippen molar-refractivity contribution in [1.29, 1.82) is 0 Å². The summed E-state index contributed by atoms with van der Waals surface area (Å²) < 4.78 is 4.86. The Morgan fingerprint density at radius 1 is 1.42 bits per heavy atom. The third kappa shape index (κ3) is 3.56. The van der Waals surface area contributed by atoms with E-state index in [1.807, 2.05) is 0 Å². The molecule has 1 aromatic rings. The molecule has 0 aromatic carbocycles. The van der Waals surface area contributed by atoms with Crippen LogP contribution in [-0.4, -0.2) is 28.3 Å². The Labute approximate surface area is 113 Å². The van der Waals surface area contributed by atoms with Gasteiger partial charge in [0.25, 0.3) is 5.91 Å². The lowest BCUT2D eigenvalue weighted by molar-refractivity contribution is -0.0233. The molecule has 1 aliphatic rings. The molecule has 0 saturated heterocycles. The molecule has 5 heteroatoms. The first-order valence-electron chi connectivity index (χ1n) is 6.74. The molecule has 0 aliphatic heterocycles. The Hall–Kier alpha value is -1.36. The molecular formula is C14H22N2O3. The molecule has 1 saturated carbocycles. The standard InChI is InChI=1S/C14H22N2O3/c1-10-8-11(16-19-10)12(17)15-9-14(18)6-4-13(2,3)5-7-14/h8,18H,4-7,9H2,1-3H3,(H,15,17). The number of amides is 1. The van der Waals surface area contributed by atoms with E-state index in [9.17, 15) is 9.90 Å². The molecule has 106 valence electrons. The van der Waals surface area contributed by atoms with Crippen molar-refractivity contribution in [2.75, 3.05) is 6.54 Å². The van der Waals surface area contributed by atoms with Crippen LogP contribution >= 0.6 is 0 Å². The van der Waals surface area contributed by atoms with E-state index in [1.54, 1.807) is 13.0 Å². The fourth-order valence-electron chi connectivity index (χ4n) is 2.38. The van der Waals surface area contributed by atoms with Crippen LogP contribution in [0.3, 0.4) is 0 Å². The molecule has 0 unspecified atom stereocenters. The molecular weight excluding hydrogens is 244 g/mol. The number of rotatable bonds is 3. The lowest BCUT2D eigenvalue weighted by atomic mass is 9.71. The van der Waals surface area contributed by atoms with Crippen LogP contribution < -0.4 is 5.32 Å². The highest BCUT2D eigenvalue weighted by molar-refractivity contribution is 5.92. The molecule has 1 aliphatic carbocycles. The van der Waals surface area contributed by atoms with Crippen molar-refractivity contribution in [3.63, 3.8) is 0 Å². The van der Waals surface area contributed by atoms with Crippen LogP contribution in [0.2, 0.25) is 0 Å². The first-order valence-corrected chi connectivity index (χ1v) is 6.74. The van der Waals surface area contributed by atoms with Crippen molar-refractivity contribution < 1.29 is 14.4 Å². The van der Waals surface area contributed by atoms with Crippen molar-refractivity contribution in [1.82, 2.24) is 10.5 Å². The van der Waals surface area contributed by atoms with Crippen LogP contribution in [-0.2, 0) is 0 Å². The monoisotopic (exact) mass is 266 g/mol. The van der Waals surface area contributed by atoms with E-state index in [2.05, 4.69) is 24.3 Å². The predicted octanol–water partition coefficient (Wildman–Crippen LogP) is 2.04. The van der Waals surface area contributed by atoms with Crippen LogP contribution in [0.5, 0.6) is 0 Å². The Bertz CT molecular complexity index is 455. The van der Waals surface area contributed by atoms with E-state index in [0.29, 0.717) is 11.2 Å². The summed E-state index contributed by atoms with van der Waals surface area (Å²) in [4.78, 5) is 11.8. The largest absolute Gasteiger partial charge is 0.388 e. The van der Waals surface area contributed by atoms with Crippen LogP contribution in [0, 0.1) is 12.3 Å². The topological polar surface area (TPSA) is 75.4 Å². The smallest absolute Gasteiger partial charge is 0.273 e. The fourth-order valence-corrected chi connectivity index (χ4v) is 2.38. The van der Waals surface area contributed by atoms with Crippen LogP contribution in [0.1, 0.15) is 55.8 Å². The van der Waals surface area contributed by atoms with Crippen molar-refractivity contribution in [2.45, 2.75) is 52.1 Å². The van der Waals surface area contributed by atoms with Gasteiger partial charge in [-0.05, 0) is 38.0 Å². The van der Waals surface area contributed by atoms with Gasteiger partial charge in [-0.25, -0.2) is 0 Å². The van der Waals surface area contributed by atoms with Crippen molar-refractivity contribution in [3.05, 3.63) is 17.5 Å². The maximum Gasteiger partial charge on any atom is 0.273 e. The van der Waals surface area contributed by atoms with Gasteiger partial charge in [-0.1, -0.05) is 19.0 Å². The van der Waals surface area contributed by atoms with Crippen molar-refractivity contribution in [2.24, 2.45) is 5.41 Å². The van der Waals surface area contributed by atoms with Gasteiger partial charge in [0, 0.05) is 12.6 Å².